The Bertz CT molecular complexity index is 1040. The summed E-state index contributed by atoms with van der Waals surface area (Å²) in [7, 11) is 0. The molecule has 0 aliphatic carbocycles. The van der Waals surface area contributed by atoms with Crippen LogP contribution in [0.3, 0.4) is 0 Å². The summed E-state index contributed by atoms with van der Waals surface area (Å²) in [4.78, 5) is 12.2. The summed E-state index contributed by atoms with van der Waals surface area (Å²) in [6.07, 6.45) is 1.62. The van der Waals surface area contributed by atoms with Gasteiger partial charge in [-0.2, -0.15) is 5.10 Å². The first-order chi connectivity index (χ1) is 12.9. The molecule has 7 heteroatoms. The second-order valence-electron chi connectivity index (χ2n) is 5.97. The number of halogens is 3. The van der Waals surface area contributed by atoms with E-state index in [-0.39, 0.29) is 5.02 Å². The van der Waals surface area contributed by atoms with Gasteiger partial charge in [0.25, 0.3) is 5.91 Å². The number of aryl methyl sites for hydroxylation is 1. The van der Waals surface area contributed by atoms with Crippen LogP contribution in [0.1, 0.15) is 27.3 Å². The van der Waals surface area contributed by atoms with E-state index < -0.39 is 5.91 Å². The van der Waals surface area contributed by atoms with Gasteiger partial charge >= 0.3 is 0 Å². The highest BCUT2D eigenvalue weighted by Crippen LogP contribution is 2.23. The minimum absolute atomic E-state index is 0.281. The van der Waals surface area contributed by atoms with Crippen LogP contribution < -0.4 is 5.43 Å². The molecule has 0 atom stereocenters. The number of carbonyl (C=O) groups excluding carboxylic acids is 1. The highest BCUT2D eigenvalue weighted by atomic mass is 79.9. The standard InChI is InChI=1S/C20H16BrCl2N3O/c1-12-8-14(13(2)26(12)17-5-3-4-15(21)9-17)11-24-25-20(27)18-7-6-16(22)10-19(18)23/h3-11H,1-2H3,(H,25,27)/b24-11-. The molecule has 27 heavy (non-hydrogen) atoms. The first-order valence-corrected chi connectivity index (χ1v) is 9.65. The number of nitrogens with zero attached hydrogens (tertiary/aromatic N) is 2. The molecule has 0 radical (unpaired) electrons. The van der Waals surface area contributed by atoms with Gasteiger partial charge in [0.1, 0.15) is 0 Å². The minimum atomic E-state index is -0.395. The van der Waals surface area contributed by atoms with E-state index in [0.29, 0.717) is 10.6 Å². The molecule has 138 valence electrons. The molecule has 1 heterocycles. The Morgan fingerprint density at radius 1 is 1.15 bits per heavy atom. The summed E-state index contributed by atoms with van der Waals surface area (Å²) in [6, 6.07) is 14.8. The van der Waals surface area contributed by atoms with Crippen molar-refractivity contribution in [1.82, 2.24) is 9.99 Å². The van der Waals surface area contributed by atoms with E-state index in [0.717, 1.165) is 27.1 Å². The highest BCUT2D eigenvalue weighted by Gasteiger charge is 2.11. The zero-order valence-electron chi connectivity index (χ0n) is 14.6. The Labute approximate surface area is 175 Å². The summed E-state index contributed by atoms with van der Waals surface area (Å²) in [5, 5.41) is 4.82. The van der Waals surface area contributed by atoms with Crippen LogP contribution in [0.2, 0.25) is 10.0 Å². The molecular weight excluding hydrogens is 449 g/mol. The molecule has 3 rings (SSSR count). The third-order valence-electron chi connectivity index (χ3n) is 4.08. The summed E-state index contributed by atoms with van der Waals surface area (Å²) >= 11 is 15.4. The van der Waals surface area contributed by atoms with E-state index in [9.17, 15) is 4.79 Å². The molecule has 0 saturated carbocycles. The predicted molar refractivity (Wildman–Crippen MR) is 114 cm³/mol. The molecule has 3 aromatic rings. The van der Waals surface area contributed by atoms with Crippen molar-refractivity contribution < 1.29 is 4.79 Å². The smallest absolute Gasteiger partial charge is 0.272 e. The molecule has 0 spiro atoms. The average Bonchev–Trinajstić information content (AvgIpc) is 2.88. The Balaban J connectivity index is 1.80. The highest BCUT2D eigenvalue weighted by molar-refractivity contribution is 9.10. The predicted octanol–water partition coefficient (Wildman–Crippen LogP) is 5.93. The van der Waals surface area contributed by atoms with Crippen molar-refractivity contribution in [1.29, 1.82) is 0 Å². The van der Waals surface area contributed by atoms with Gasteiger partial charge in [-0.15, -0.1) is 0 Å². The van der Waals surface area contributed by atoms with E-state index in [1.165, 1.54) is 6.07 Å². The van der Waals surface area contributed by atoms with Crippen LogP contribution in [0.5, 0.6) is 0 Å². The Morgan fingerprint density at radius 2 is 1.93 bits per heavy atom. The molecule has 1 N–H and O–H groups in total. The molecule has 0 bridgehead atoms. The molecule has 1 aromatic heterocycles. The molecule has 2 aromatic carbocycles. The van der Waals surface area contributed by atoms with Crippen LogP contribution >= 0.6 is 39.1 Å². The molecule has 0 aliphatic rings. The Morgan fingerprint density at radius 3 is 2.63 bits per heavy atom. The van der Waals surface area contributed by atoms with Gasteiger partial charge in [0.2, 0.25) is 0 Å². The normalized spacial score (nSPS) is 11.1. The van der Waals surface area contributed by atoms with E-state index in [4.69, 9.17) is 23.2 Å². The monoisotopic (exact) mass is 463 g/mol. The number of aromatic nitrogens is 1. The second-order valence-corrected chi connectivity index (χ2v) is 7.72. The summed E-state index contributed by atoms with van der Waals surface area (Å²) < 4.78 is 3.14. The van der Waals surface area contributed by atoms with Gasteiger partial charge in [-0.05, 0) is 56.3 Å². The van der Waals surface area contributed by atoms with Gasteiger partial charge in [0.15, 0.2) is 0 Å². The summed E-state index contributed by atoms with van der Waals surface area (Å²) in [5.41, 5.74) is 6.87. The lowest BCUT2D eigenvalue weighted by Gasteiger charge is -2.09. The third-order valence-corrected chi connectivity index (χ3v) is 5.12. The fourth-order valence-electron chi connectivity index (χ4n) is 2.83. The fraction of sp³-hybridized carbons (Fsp3) is 0.100. The zero-order chi connectivity index (χ0) is 19.6. The molecule has 0 saturated heterocycles. The van der Waals surface area contributed by atoms with Crippen LogP contribution in [0.25, 0.3) is 5.69 Å². The van der Waals surface area contributed by atoms with Crippen molar-refractivity contribution in [2.45, 2.75) is 13.8 Å². The van der Waals surface area contributed by atoms with E-state index in [1.54, 1.807) is 18.3 Å². The largest absolute Gasteiger partial charge is 0.318 e. The fourth-order valence-corrected chi connectivity index (χ4v) is 3.71. The molecule has 4 nitrogen and oxygen atoms in total. The number of rotatable bonds is 4. The lowest BCUT2D eigenvalue weighted by Crippen LogP contribution is -2.18. The van der Waals surface area contributed by atoms with Crippen molar-refractivity contribution in [2.75, 3.05) is 0 Å². The Hall–Kier alpha value is -2.08. The maximum atomic E-state index is 12.2. The number of hydrazone groups is 1. The number of nitrogens with one attached hydrogen (secondary N) is 1. The first-order valence-electron chi connectivity index (χ1n) is 8.10. The van der Waals surface area contributed by atoms with Gasteiger partial charge < -0.3 is 4.57 Å². The molecular formula is C20H16BrCl2N3O. The average molecular weight is 465 g/mol. The molecule has 1 amide bonds. The Kier molecular flexibility index (Phi) is 6.05. The van der Waals surface area contributed by atoms with Crippen LogP contribution in [0.4, 0.5) is 0 Å². The number of carbonyl (C=O) groups is 1. The van der Waals surface area contributed by atoms with Crippen LogP contribution in [-0.4, -0.2) is 16.7 Å². The topological polar surface area (TPSA) is 46.4 Å². The van der Waals surface area contributed by atoms with Gasteiger partial charge in [-0.1, -0.05) is 45.2 Å². The third kappa shape index (κ3) is 4.43. The molecule has 0 unspecified atom stereocenters. The van der Waals surface area contributed by atoms with Gasteiger partial charge in [-0.25, -0.2) is 5.43 Å². The van der Waals surface area contributed by atoms with Gasteiger partial charge in [-0.3, -0.25) is 4.79 Å². The second kappa shape index (κ2) is 8.30. The van der Waals surface area contributed by atoms with E-state index in [1.807, 2.05) is 44.2 Å². The SMILES string of the molecule is Cc1cc(/C=N\NC(=O)c2ccc(Cl)cc2Cl)c(C)n1-c1cccc(Br)c1. The van der Waals surface area contributed by atoms with Crippen molar-refractivity contribution in [2.24, 2.45) is 5.10 Å². The van der Waals surface area contributed by atoms with Crippen molar-refractivity contribution in [3.63, 3.8) is 0 Å². The number of amides is 1. The molecule has 0 fully saturated rings. The lowest BCUT2D eigenvalue weighted by atomic mass is 10.2. The number of hydrogen-bond donors (Lipinski definition) is 1. The minimum Gasteiger partial charge on any atom is -0.318 e. The zero-order valence-corrected chi connectivity index (χ0v) is 17.7. The lowest BCUT2D eigenvalue weighted by molar-refractivity contribution is 0.0955. The maximum Gasteiger partial charge on any atom is 0.272 e. The first kappa shape index (κ1) is 19.7. The number of benzene rings is 2. The van der Waals surface area contributed by atoms with Crippen LogP contribution in [0.15, 0.2) is 58.1 Å². The van der Waals surface area contributed by atoms with Crippen molar-refractivity contribution in [3.05, 3.63) is 85.6 Å². The summed E-state index contributed by atoms with van der Waals surface area (Å²) in [6.45, 7) is 4.03. The maximum absolute atomic E-state index is 12.2. The van der Waals surface area contributed by atoms with E-state index >= 15 is 0 Å². The quantitative estimate of drug-likeness (QED) is 0.377. The van der Waals surface area contributed by atoms with Gasteiger partial charge in [0.05, 0.1) is 16.8 Å². The van der Waals surface area contributed by atoms with E-state index in [2.05, 4.69) is 31.0 Å². The van der Waals surface area contributed by atoms with Crippen molar-refractivity contribution in [3.8, 4) is 5.69 Å². The number of hydrogen-bond acceptors (Lipinski definition) is 2. The van der Waals surface area contributed by atoms with Crippen LogP contribution in [0, 0.1) is 13.8 Å². The molecule has 0 aliphatic heterocycles. The van der Waals surface area contributed by atoms with Crippen molar-refractivity contribution >= 4 is 51.3 Å². The van der Waals surface area contributed by atoms with Crippen LogP contribution in [-0.2, 0) is 0 Å². The van der Waals surface area contributed by atoms with Gasteiger partial charge in [0, 0.05) is 32.1 Å². The summed E-state index contributed by atoms with van der Waals surface area (Å²) in [5.74, 6) is -0.395.